The molecule has 3 heteroatoms. The van der Waals surface area contributed by atoms with E-state index in [0.29, 0.717) is 11.6 Å². The van der Waals surface area contributed by atoms with Crippen molar-refractivity contribution >= 4 is 24.0 Å². The molecule has 0 saturated heterocycles. The first-order chi connectivity index (χ1) is 8.11. The zero-order valence-corrected chi connectivity index (χ0v) is 10.5. The Hall–Kier alpha value is -1.54. The molecule has 1 aliphatic rings. The maximum absolute atomic E-state index is 10.4. The number of aldehydes is 1. The number of benzene rings is 1. The summed E-state index contributed by atoms with van der Waals surface area (Å²) in [5, 5.41) is 0.694. The van der Waals surface area contributed by atoms with Gasteiger partial charge in [-0.25, -0.2) is 0 Å². The lowest BCUT2D eigenvalue weighted by Crippen LogP contribution is -2.09. The van der Waals surface area contributed by atoms with Gasteiger partial charge in [-0.3, -0.25) is 4.79 Å². The lowest BCUT2D eigenvalue weighted by atomic mass is 10.00. The van der Waals surface area contributed by atoms with Crippen LogP contribution in [0, 0.1) is 6.92 Å². The molecule has 1 aliphatic heterocycles. The zero-order chi connectivity index (χ0) is 12.4. The molecule has 0 unspecified atom stereocenters. The van der Waals surface area contributed by atoms with Crippen LogP contribution < -0.4 is 4.74 Å². The van der Waals surface area contributed by atoms with Crippen molar-refractivity contribution in [3.63, 3.8) is 0 Å². The molecule has 0 saturated carbocycles. The second-order valence-electron chi connectivity index (χ2n) is 4.09. The Labute approximate surface area is 106 Å². The number of carbonyl (C=O) groups is 1. The van der Waals surface area contributed by atoms with Crippen molar-refractivity contribution in [1.82, 2.24) is 0 Å². The van der Waals surface area contributed by atoms with E-state index in [2.05, 4.69) is 0 Å². The van der Waals surface area contributed by atoms with E-state index in [0.717, 1.165) is 34.3 Å². The molecule has 1 heterocycles. The van der Waals surface area contributed by atoms with Crippen LogP contribution in [0.3, 0.4) is 0 Å². The van der Waals surface area contributed by atoms with Gasteiger partial charge in [-0.1, -0.05) is 11.6 Å². The molecule has 0 spiro atoms. The lowest BCUT2D eigenvalue weighted by Gasteiger charge is -2.20. The van der Waals surface area contributed by atoms with Crippen molar-refractivity contribution in [2.24, 2.45) is 0 Å². The summed E-state index contributed by atoms with van der Waals surface area (Å²) < 4.78 is 5.71. The molecule has 17 heavy (non-hydrogen) atoms. The van der Waals surface area contributed by atoms with E-state index in [1.807, 2.05) is 32.1 Å². The topological polar surface area (TPSA) is 26.3 Å². The van der Waals surface area contributed by atoms with Crippen molar-refractivity contribution < 1.29 is 9.53 Å². The van der Waals surface area contributed by atoms with Gasteiger partial charge in [0.2, 0.25) is 0 Å². The third-order valence-electron chi connectivity index (χ3n) is 2.79. The minimum absolute atomic E-state index is 0.492. The molecule has 2 rings (SSSR count). The molecule has 88 valence electrons. The molecule has 0 radical (unpaired) electrons. The largest absolute Gasteiger partial charge is 0.488 e. The summed E-state index contributed by atoms with van der Waals surface area (Å²) in [7, 11) is 0. The summed E-state index contributed by atoms with van der Waals surface area (Å²) in [4.78, 5) is 10.4. The average Bonchev–Trinajstić information content (AvgIpc) is 2.28. The molecule has 0 atom stereocenters. The van der Waals surface area contributed by atoms with E-state index in [1.54, 1.807) is 0 Å². The first kappa shape index (κ1) is 11.9. The fourth-order valence-corrected chi connectivity index (χ4v) is 2.16. The Morgan fingerprint density at radius 3 is 2.94 bits per heavy atom. The van der Waals surface area contributed by atoms with Crippen LogP contribution in [0.4, 0.5) is 0 Å². The molecule has 0 bridgehead atoms. The van der Waals surface area contributed by atoms with Crippen LogP contribution in [-0.2, 0) is 4.79 Å². The quantitative estimate of drug-likeness (QED) is 0.591. The molecule has 0 aromatic heterocycles. The molecule has 0 aliphatic carbocycles. The fraction of sp³-hybridized carbons (Fsp3) is 0.214. The summed E-state index contributed by atoms with van der Waals surface area (Å²) >= 11 is 6.01. The van der Waals surface area contributed by atoms with Crippen LogP contribution in [0.25, 0.3) is 6.08 Å². The number of ether oxygens (including phenoxy) is 1. The summed E-state index contributed by atoms with van der Waals surface area (Å²) in [6, 6.07) is 3.75. The molecular formula is C14H13ClO2. The molecule has 0 fully saturated rings. The summed E-state index contributed by atoms with van der Waals surface area (Å²) in [6.07, 6.45) is 4.35. The standard InChI is InChI=1S/C14H13ClO2/c1-9(3-4-16)12-6-11-7-13(15)5-10(2)14(11)17-8-12/h3-7H,8H2,1-2H3. The number of aryl methyl sites for hydroxylation is 1. The Balaban J connectivity index is 2.47. The lowest BCUT2D eigenvalue weighted by molar-refractivity contribution is -0.104. The van der Waals surface area contributed by atoms with Gasteiger partial charge < -0.3 is 4.74 Å². The molecule has 0 amide bonds. The van der Waals surface area contributed by atoms with Gasteiger partial charge in [0.15, 0.2) is 0 Å². The highest BCUT2D eigenvalue weighted by molar-refractivity contribution is 6.30. The van der Waals surface area contributed by atoms with Gasteiger partial charge in [-0.15, -0.1) is 0 Å². The second kappa shape index (κ2) is 4.76. The van der Waals surface area contributed by atoms with Crippen molar-refractivity contribution in [2.45, 2.75) is 13.8 Å². The van der Waals surface area contributed by atoms with Crippen LogP contribution in [0.15, 0.2) is 29.4 Å². The highest BCUT2D eigenvalue weighted by atomic mass is 35.5. The first-order valence-electron chi connectivity index (χ1n) is 5.38. The number of allylic oxidation sites excluding steroid dienone is 1. The monoisotopic (exact) mass is 248 g/mol. The molecular weight excluding hydrogens is 236 g/mol. The first-order valence-corrected chi connectivity index (χ1v) is 5.75. The van der Waals surface area contributed by atoms with E-state index in [1.165, 1.54) is 6.08 Å². The second-order valence-corrected chi connectivity index (χ2v) is 4.52. The van der Waals surface area contributed by atoms with Crippen LogP contribution in [0.1, 0.15) is 18.1 Å². The average molecular weight is 249 g/mol. The van der Waals surface area contributed by atoms with Gasteiger partial charge in [0.25, 0.3) is 0 Å². The third-order valence-corrected chi connectivity index (χ3v) is 3.01. The van der Waals surface area contributed by atoms with E-state index >= 15 is 0 Å². The van der Waals surface area contributed by atoms with E-state index in [9.17, 15) is 4.79 Å². The number of halogens is 1. The van der Waals surface area contributed by atoms with E-state index in [-0.39, 0.29) is 0 Å². The van der Waals surface area contributed by atoms with Crippen LogP contribution in [0.5, 0.6) is 5.75 Å². The highest BCUT2D eigenvalue weighted by Gasteiger charge is 2.15. The van der Waals surface area contributed by atoms with Gasteiger partial charge in [-0.2, -0.15) is 0 Å². The van der Waals surface area contributed by atoms with Gasteiger partial charge in [-0.05, 0) is 54.8 Å². The van der Waals surface area contributed by atoms with E-state index in [4.69, 9.17) is 16.3 Å². The molecule has 2 nitrogen and oxygen atoms in total. The maximum atomic E-state index is 10.4. The predicted octanol–water partition coefficient (Wildman–Crippen LogP) is 3.57. The number of hydrogen-bond acceptors (Lipinski definition) is 2. The van der Waals surface area contributed by atoms with Crippen molar-refractivity contribution in [1.29, 1.82) is 0 Å². The number of fused-ring (bicyclic) bond motifs is 1. The summed E-state index contributed by atoms with van der Waals surface area (Å²) in [5.41, 5.74) is 3.92. The van der Waals surface area contributed by atoms with Gasteiger partial charge in [0.1, 0.15) is 18.6 Å². The minimum Gasteiger partial charge on any atom is -0.488 e. The normalized spacial score (nSPS) is 14.8. The van der Waals surface area contributed by atoms with Gasteiger partial charge in [0, 0.05) is 10.6 Å². The number of hydrogen-bond donors (Lipinski definition) is 0. The third kappa shape index (κ3) is 2.42. The zero-order valence-electron chi connectivity index (χ0n) is 9.79. The number of carbonyl (C=O) groups excluding carboxylic acids is 1. The van der Waals surface area contributed by atoms with Crippen LogP contribution in [0.2, 0.25) is 5.02 Å². The van der Waals surface area contributed by atoms with Crippen molar-refractivity contribution in [3.05, 3.63) is 45.5 Å². The van der Waals surface area contributed by atoms with Crippen molar-refractivity contribution in [2.75, 3.05) is 6.61 Å². The Morgan fingerprint density at radius 1 is 1.47 bits per heavy atom. The molecule has 1 aromatic carbocycles. The minimum atomic E-state index is 0.492. The van der Waals surface area contributed by atoms with Crippen LogP contribution >= 0.6 is 11.6 Å². The highest BCUT2D eigenvalue weighted by Crippen LogP contribution is 2.34. The molecule has 1 aromatic rings. The van der Waals surface area contributed by atoms with E-state index < -0.39 is 0 Å². The fourth-order valence-electron chi connectivity index (χ4n) is 1.88. The summed E-state index contributed by atoms with van der Waals surface area (Å²) in [6.45, 7) is 4.36. The van der Waals surface area contributed by atoms with Crippen LogP contribution in [-0.4, -0.2) is 12.9 Å². The van der Waals surface area contributed by atoms with Crippen molar-refractivity contribution in [3.8, 4) is 5.75 Å². The maximum Gasteiger partial charge on any atom is 0.143 e. The van der Waals surface area contributed by atoms with Gasteiger partial charge >= 0.3 is 0 Å². The molecule has 0 N–H and O–H groups in total. The smallest absolute Gasteiger partial charge is 0.143 e. The SMILES string of the molecule is CC(=CC=O)C1=Cc2cc(Cl)cc(C)c2OC1. The predicted molar refractivity (Wildman–Crippen MR) is 69.5 cm³/mol. The Kier molecular flexibility index (Phi) is 3.34. The Morgan fingerprint density at radius 2 is 2.24 bits per heavy atom. The Bertz CT molecular complexity index is 527. The number of rotatable bonds is 2. The summed E-state index contributed by atoms with van der Waals surface area (Å²) in [5.74, 6) is 0.872. The van der Waals surface area contributed by atoms with Gasteiger partial charge in [0.05, 0.1) is 0 Å².